The van der Waals surface area contributed by atoms with Gasteiger partial charge in [-0.15, -0.1) is 5.10 Å². The summed E-state index contributed by atoms with van der Waals surface area (Å²) in [7, 11) is 1.56. The van der Waals surface area contributed by atoms with E-state index in [1.807, 2.05) is 18.2 Å². The van der Waals surface area contributed by atoms with Crippen LogP contribution < -0.4 is 19.7 Å². The highest BCUT2D eigenvalue weighted by molar-refractivity contribution is 6.04. The van der Waals surface area contributed by atoms with Gasteiger partial charge >= 0.3 is 0 Å². The quantitative estimate of drug-likeness (QED) is 0.700. The number of amides is 2. The first-order valence-electron chi connectivity index (χ1n) is 8.53. The van der Waals surface area contributed by atoms with Crippen LogP contribution in [0.25, 0.3) is 11.4 Å². The van der Waals surface area contributed by atoms with Crippen molar-refractivity contribution in [3.05, 3.63) is 48.5 Å². The molecule has 142 valence electrons. The van der Waals surface area contributed by atoms with Crippen LogP contribution in [0.1, 0.15) is 0 Å². The predicted octanol–water partition coefficient (Wildman–Crippen LogP) is 1.84. The molecule has 1 aliphatic heterocycles. The number of hydrogen-bond acceptors (Lipinski definition) is 6. The summed E-state index contributed by atoms with van der Waals surface area (Å²) in [6.45, 7) is -0.277. The van der Waals surface area contributed by atoms with Gasteiger partial charge in [-0.25, -0.2) is 0 Å². The Balaban J connectivity index is 1.48. The monoisotopic (exact) mass is 379 g/mol. The highest BCUT2D eigenvalue weighted by Gasteiger charge is 2.27. The molecule has 2 N–H and O–H groups in total. The lowest BCUT2D eigenvalue weighted by atomic mass is 10.2. The van der Waals surface area contributed by atoms with Gasteiger partial charge in [-0.3, -0.25) is 24.9 Å². The molecule has 3 aromatic rings. The number of rotatable bonds is 5. The van der Waals surface area contributed by atoms with Crippen molar-refractivity contribution in [2.24, 2.45) is 0 Å². The largest absolute Gasteiger partial charge is 0.496 e. The van der Waals surface area contributed by atoms with E-state index >= 15 is 0 Å². The minimum Gasteiger partial charge on any atom is -0.496 e. The Labute approximate surface area is 160 Å². The minimum absolute atomic E-state index is 0.108. The predicted molar refractivity (Wildman–Crippen MR) is 101 cm³/mol. The number of hydrogen-bond donors (Lipinski definition) is 2. The third-order valence-corrected chi connectivity index (χ3v) is 4.21. The van der Waals surface area contributed by atoms with Crippen LogP contribution >= 0.6 is 0 Å². The second kappa shape index (κ2) is 7.39. The van der Waals surface area contributed by atoms with Crippen molar-refractivity contribution >= 4 is 23.5 Å². The molecular formula is C19H17N5O4. The van der Waals surface area contributed by atoms with Gasteiger partial charge in [-0.1, -0.05) is 24.3 Å². The van der Waals surface area contributed by atoms with Crippen LogP contribution in [0.4, 0.5) is 11.6 Å². The van der Waals surface area contributed by atoms with Gasteiger partial charge in [0.25, 0.3) is 5.91 Å². The first kappa shape index (κ1) is 17.5. The van der Waals surface area contributed by atoms with Crippen LogP contribution in [-0.4, -0.2) is 47.3 Å². The van der Waals surface area contributed by atoms with Crippen molar-refractivity contribution in [3.8, 4) is 22.9 Å². The first-order valence-corrected chi connectivity index (χ1v) is 8.53. The number of benzene rings is 2. The first-order chi connectivity index (χ1) is 13.7. The molecule has 0 aliphatic carbocycles. The normalized spacial score (nSPS) is 12.9. The number of methoxy groups -OCH3 is 1. The number of aromatic amines is 1. The standard InChI is InChI=1S/C19H17N5O4/c1-27-14-8-4-2-6-12(14)18-21-19(23-22-18)20-16(25)10-24-13-7-3-5-9-15(13)28-11-17(24)26/h2-9H,10-11H2,1H3,(H2,20,21,22,23,25). The number of nitrogens with one attached hydrogen (secondary N) is 2. The fourth-order valence-electron chi connectivity index (χ4n) is 2.91. The molecule has 28 heavy (non-hydrogen) atoms. The highest BCUT2D eigenvalue weighted by atomic mass is 16.5. The molecule has 0 unspecified atom stereocenters. The zero-order chi connectivity index (χ0) is 19.5. The van der Waals surface area contributed by atoms with Crippen molar-refractivity contribution in [2.75, 3.05) is 30.5 Å². The number of carbonyl (C=O) groups is 2. The van der Waals surface area contributed by atoms with E-state index in [1.54, 1.807) is 37.4 Å². The molecule has 2 amide bonds. The van der Waals surface area contributed by atoms with Crippen LogP contribution in [-0.2, 0) is 9.59 Å². The summed E-state index contributed by atoms with van der Waals surface area (Å²) >= 11 is 0. The van der Waals surface area contributed by atoms with E-state index in [0.717, 1.165) is 5.56 Å². The van der Waals surface area contributed by atoms with E-state index in [1.165, 1.54) is 4.90 Å². The maximum absolute atomic E-state index is 12.4. The molecule has 2 aromatic carbocycles. The summed E-state index contributed by atoms with van der Waals surface area (Å²) in [4.78, 5) is 30.3. The van der Waals surface area contributed by atoms with Gasteiger partial charge in [0.05, 0.1) is 18.4 Å². The molecule has 4 rings (SSSR count). The Hall–Kier alpha value is -3.88. The number of anilines is 2. The van der Waals surface area contributed by atoms with E-state index < -0.39 is 5.91 Å². The van der Waals surface area contributed by atoms with Crippen molar-refractivity contribution in [1.29, 1.82) is 0 Å². The van der Waals surface area contributed by atoms with Gasteiger partial charge in [0, 0.05) is 0 Å². The van der Waals surface area contributed by atoms with E-state index in [9.17, 15) is 9.59 Å². The number of ether oxygens (including phenoxy) is 2. The van der Waals surface area contributed by atoms with Crippen molar-refractivity contribution in [3.63, 3.8) is 0 Å². The lowest BCUT2D eigenvalue weighted by Gasteiger charge is -2.28. The van der Waals surface area contributed by atoms with Crippen LogP contribution in [0.2, 0.25) is 0 Å². The number of H-pyrrole nitrogens is 1. The summed E-state index contributed by atoms with van der Waals surface area (Å²) in [6.07, 6.45) is 0. The fourth-order valence-corrected chi connectivity index (χ4v) is 2.91. The third kappa shape index (κ3) is 3.37. The molecule has 0 saturated carbocycles. The van der Waals surface area contributed by atoms with Gasteiger partial charge in [-0.2, -0.15) is 4.98 Å². The number of para-hydroxylation sites is 3. The molecule has 0 radical (unpaired) electrons. The average Bonchev–Trinajstić information content (AvgIpc) is 3.18. The second-order valence-electron chi connectivity index (χ2n) is 5.99. The van der Waals surface area contributed by atoms with E-state index in [4.69, 9.17) is 9.47 Å². The van der Waals surface area contributed by atoms with Crippen LogP contribution in [0, 0.1) is 0 Å². The summed E-state index contributed by atoms with van der Waals surface area (Å²) in [5.74, 6) is 1.05. The Bertz CT molecular complexity index is 1030. The summed E-state index contributed by atoms with van der Waals surface area (Å²) in [6, 6.07) is 14.4. The van der Waals surface area contributed by atoms with Crippen molar-refractivity contribution in [1.82, 2.24) is 15.2 Å². The molecule has 0 spiro atoms. The Kier molecular flexibility index (Phi) is 4.63. The average molecular weight is 379 g/mol. The number of fused-ring (bicyclic) bond motifs is 1. The highest BCUT2D eigenvalue weighted by Crippen LogP contribution is 2.31. The zero-order valence-corrected chi connectivity index (χ0v) is 15.0. The van der Waals surface area contributed by atoms with E-state index in [2.05, 4.69) is 20.5 Å². The van der Waals surface area contributed by atoms with Gasteiger partial charge in [-0.05, 0) is 24.3 Å². The third-order valence-electron chi connectivity index (χ3n) is 4.21. The second-order valence-corrected chi connectivity index (χ2v) is 5.99. The molecule has 0 fully saturated rings. The number of aromatic nitrogens is 3. The summed E-state index contributed by atoms with van der Waals surface area (Å²) < 4.78 is 10.7. The van der Waals surface area contributed by atoms with Crippen molar-refractivity contribution < 1.29 is 19.1 Å². The molecule has 9 nitrogen and oxygen atoms in total. The molecule has 0 saturated heterocycles. The molecule has 1 aromatic heterocycles. The SMILES string of the molecule is COc1ccccc1-c1nc(NC(=O)CN2C(=O)COc3ccccc32)n[nH]1. The molecule has 2 heterocycles. The lowest BCUT2D eigenvalue weighted by Crippen LogP contribution is -2.43. The fraction of sp³-hybridized carbons (Fsp3) is 0.158. The van der Waals surface area contributed by atoms with Gasteiger partial charge < -0.3 is 9.47 Å². The summed E-state index contributed by atoms with van der Waals surface area (Å²) in [5, 5.41) is 9.39. The van der Waals surface area contributed by atoms with Crippen LogP contribution in [0.15, 0.2) is 48.5 Å². The van der Waals surface area contributed by atoms with Crippen LogP contribution in [0.5, 0.6) is 11.5 Å². The minimum atomic E-state index is -0.421. The molecule has 9 heteroatoms. The maximum Gasteiger partial charge on any atom is 0.265 e. The number of nitrogens with zero attached hydrogens (tertiary/aromatic N) is 3. The van der Waals surface area contributed by atoms with Crippen LogP contribution in [0.3, 0.4) is 0 Å². The topological polar surface area (TPSA) is 109 Å². The smallest absolute Gasteiger partial charge is 0.265 e. The zero-order valence-electron chi connectivity index (χ0n) is 15.0. The molecule has 0 atom stereocenters. The van der Waals surface area contributed by atoms with Crippen molar-refractivity contribution in [2.45, 2.75) is 0 Å². The van der Waals surface area contributed by atoms with E-state index in [0.29, 0.717) is 23.0 Å². The Morgan fingerprint density at radius 1 is 1.25 bits per heavy atom. The maximum atomic E-state index is 12.4. The molecule has 0 bridgehead atoms. The Morgan fingerprint density at radius 3 is 2.89 bits per heavy atom. The van der Waals surface area contributed by atoms with Gasteiger partial charge in [0.1, 0.15) is 18.0 Å². The molecule has 1 aliphatic rings. The summed E-state index contributed by atoms with van der Waals surface area (Å²) in [5.41, 5.74) is 1.27. The molecular weight excluding hydrogens is 362 g/mol. The number of carbonyl (C=O) groups excluding carboxylic acids is 2. The van der Waals surface area contributed by atoms with Gasteiger partial charge in [0.2, 0.25) is 11.9 Å². The van der Waals surface area contributed by atoms with Gasteiger partial charge in [0.15, 0.2) is 12.4 Å². The Morgan fingerprint density at radius 2 is 2.04 bits per heavy atom. The lowest BCUT2D eigenvalue weighted by molar-refractivity contribution is -0.123. The van der Waals surface area contributed by atoms with E-state index in [-0.39, 0.29) is 25.0 Å².